The lowest BCUT2D eigenvalue weighted by atomic mass is 10.1. The Morgan fingerprint density at radius 3 is 2.42 bits per heavy atom. The minimum Gasteiger partial charge on any atom is -0.493 e. The molecule has 3 amide bonds. The second-order valence-electron chi connectivity index (χ2n) is 8.38. The number of carbonyl (C=O) groups is 3. The van der Waals surface area contributed by atoms with E-state index in [1.165, 1.54) is 50.4 Å². The van der Waals surface area contributed by atoms with E-state index >= 15 is 0 Å². The van der Waals surface area contributed by atoms with Crippen LogP contribution in [0.15, 0.2) is 76.5 Å². The first-order valence-corrected chi connectivity index (χ1v) is 13.6. The third-order valence-corrected chi connectivity index (χ3v) is 7.61. The average molecular weight is 553 g/mol. The number of amides is 3. The highest BCUT2D eigenvalue weighted by atomic mass is 32.2. The molecule has 4 rings (SSSR count). The van der Waals surface area contributed by atoms with Gasteiger partial charge in [0.05, 0.1) is 18.6 Å². The third-order valence-electron chi connectivity index (χ3n) is 5.47. The van der Waals surface area contributed by atoms with Crippen molar-refractivity contribution in [1.82, 2.24) is 4.90 Å². The van der Waals surface area contributed by atoms with E-state index in [0.717, 1.165) is 27.8 Å². The summed E-state index contributed by atoms with van der Waals surface area (Å²) in [6.45, 7) is 3.38. The number of ether oxygens (including phenoxy) is 1. The number of aryl methyl sites for hydroxylation is 1. The molecule has 0 aromatic heterocycles. The summed E-state index contributed by atoms with van der Waals surface area (Å²) >= 11 is 0.761. The van der Waals surface area contributed by atoms with Gasteiger partial charge in [0.2, 0.25) is 5.91 Å². The molecular weight excluding hydrogens is 528 g/mol. The van der Waals surface area contributed by atoms with Crippen LogP contribution in [0.2, 0.25) is 0 Å². The van der Waals surface area contributed by atoms with Crippen LogP contribution in [0.25, 0.3) is 6.08 Å². The summed E-state index contributed by atoms with van der Waals surface area (Å²) in [5.74, 6) is -0.798. The molecule has 3 aromatic carbocycles. The number of thioether (sulfide) groups is 1. The van der Waals surface area contributed by atoms with Crippen molar-refractivity contribution in [3.63, 3.8) is 0 Å². The minimum absolute atomic E-state index is 0.119. The molecule has 0 bridgehead atoms. The SMILES string of the molecule is COc1cccc(/C=C2\SC(=O)N(Cc3cccc(C)c3)C2=O)c1OS(=O)(=O)c1ccc(NC(C)=O)cc1. The molecule has 1 aliphatic rings. The van der Waals surface area contributed by atoms with Gasteiger partial charge in [-0.2, -0.15) is 8.42 Å². The number of para-hydroxylation sites is 1. The van der Waals surface area contributed by atoms with Gasteiger partial charge in [-0.15, -0.1) is 0 Å². The van der Waals surface area contributed by atoms with Crippen LogP contribution in [-0.2, 0) is 26.3 Å². The predicted molar refractivity (Wildman–Crippen MR) is 144 cm³/mol. The summed E-state index contributed by atoms with van der Waals surface area (Å²) in [6.07, 6.45) is 1.41. The molecule has 9 nitrogen and oxygen atoms in total. The highest BCUT2D eigenvalue weighted by Crippen LogP contribution is 2.39. The van der Waals surface area contributed by atoms with Crippen molar-refractivity contribution in [3.8, 4) is 11.5 Å². The lowest BCUT2D eigenvalue weighted by molar-refractivity contribution is -0.123. The zero-order valence-corrected chi connectivity index (χ0v) is 22.4. The van der Waals surface area contributed by atoms with Crippen molar-refractivity contribution in [2.75, 3.05) is 12.4 Å². The quantitative estimate of drug-likeness (QED) is 0.307. The first-order chi connectivity index (χ1) is 18.1. The second-order valence-corrected chi connectivity index (χ2v) is 10.9. The van der Waals surface area contributed by atoms with E-state index in [2.05, 4.69) is 5.32 Å². The number of imide groups is 1. The second kappa shape index (κ2) is 11.1. The Hall–Kier alpha value is -4.09. The molecule has 1 heterocycles. The third kappa shape index (κ3) is 6.06. The number of nitrogens with one attached hydrogen (secondary N) is 1. The maximum atomic E-state index is 13.1. The van der Waals surface area contributed by atoms with Crippen LogP contribution in [-0.4, -0.2) is 37.5 Å². The van der Waals surface area contributed by atoms with Crippen molar-refractivity contribution in [2.45, 2.75) is 25.3 Å². The fourth-order valence-corrected chi connectivity index (χ4v) is 5.53. The van der Waals surface area contributed by atoms with Crippen molar-refractivity contribution in [3.05, 3.63) is 88.3 Å². The maximum Gasteiger partial charge on any atom is 0.339 e. The number of nitrogens with zero attached hydrogens (tertiary/aromatic N) is 1. The molecule has 0 saturated carbocycles. The number of hydrogen-bond donors (Lipinski definition) is 1. The summed E-state index contributed by atoms with van der Waals surface area (Å²) in [5, 5.41) is 2.13. The number of methoxy groups -OCH3 is 1. The largest absolute Gasteiger partial charge is 0.493 e. The Morgan fingerprint density at radius 1 is 1.05 bits per heavy atom. The van der Waals surface area contributed by atoms with Crippen molar-refractivity contribution in [2.24, 2.45) is 0 Å². The van der Waals surface area contributed by atoms with Gasteiger partial charge in [-0.05, 0) is 60.7 Å². The molecule has 1 aliphatic heterocycles. The fourth-order valence-electron chi connectivity index (χ4n) is 3.73. The smallest absolute Gasteiger partial charge is 0.339 e. The Bertz CT molecular complexity index is 1550. The Balaban J connectivity index is 1.63. The van der Waals surface area contributed by atoms with Crippen LogP contribution < -0.4 is 14.2 Å². The van der Waals surface area contributed by atoms with E-state index in [0.29, 0.717) is 5.69 Å². The summed E-state index contributed by atoms with van der Waals surface area (Å²) < 4.78 is 36.9. The van der Waals surface area contributed by atoms with Gasteiger partial charge in [0.1, 0.15) is 4.90 Å². The number of anilines is 1. The number of benzene rings is 3. The van der Waals surface area contributed by atoms with E-state index in [1.807, 2.05) is 31.2 Å². The minimum atomic E-state index is -4.32. The van der Waals surface area contributed by atoms with Crippen LogP contribution in [0, 0.1) is 6.92 Å². The maximum absolute atomic E-state index is 13.1. The first-order valence-electron chi connectivity index (χ1n) is 11.4. The normalized spacial score (nSPS) is 14.6. The summed E-state index contributed by atoms with van der Waals surface area (Å²) in [4.78, 5) is 38.1. The van der Waals surface area contributed by atoms with Gasteiger partial charge >= 0.3 is 10.1 Å². The Labute approximate surface area is 224 Å². The van der Waals surface area contributed by atoms with Gasteiger partial charge in [0.25, 0.3) is 11.1 Å². The number of carbonyl (C=O) groups excluding carboxylic acids is 3. The number of rotatable bonds is 8. The van der Waals surface area contributed by atoms with Gasteiger partial charge in [-0.25, -0.2) is 0 Å². The van der Waals surface area contributed by atoms with E-state index in [9.17, 15) is 22.8 Å². The van der Waals surface area contributed by atoms with E-state index in [4.69, 9.17) is 8.92 Å². The molecule has 0 atom stereocenters. The van der Waals surface area contributed by atoms with Gasteiger partial charge in [0.15, 0.2) is 11.5 Å². The topological polar surface area (TPSA) is 119 Å². The van der Waals surface area contributed by atoms with Gasteiger partial charge in [0, 0.05) is 18.2 Å². The van der Waals surface area contributed by atoms with E-state index in [1.54, 1.807) is 12.1 Å². The van der Waals surface area contributed by atoms with Crippen LogP contribution in [0.4, 0.5) is 10.5 Å². The van der Waals surface area contributed by atoms with Gasteiger partial charge in [-0.1, -0.05) is 42.0 Å². The molecule has 1 N–H and O–H groups in total. The van der Waals surface area contributed by atoms with Crippen LogP contribution in [0.5, 0.6) is 11.5 Å². The van der Waals surface area contributed by atoms with Crippen LogP contribution in [0.3, 0.4) is 0 Å². The van der Waals surface area contributed by atoms with Crippen LogP contribution in [0.1, 0.15) is 23.6 Å². The zero-order valence-electron chi connectivity index (χ0n) is 20.8. The summed E-state index contributed by atoms with van der Waals surface area (Å²) in [6, 6.07) is 17.7. The van der Waals surface area contributed by atoms with E-state index < -0.39 is 21.3 Å². The summed E-state index contributed by atoms with van der Waals surface area (Å²) in [5.41, 5.74) is 2.49. The average Bonchev–Trinajstić information content (AvgIpc) is 3.12. The molecule has 0 unspecified atom stereocenters. The van der Waals surface area contributed by atoms with Gasteiger partial charge in [-0.3, -0.25) is 19.3 Å². The van der Waals surface area contributed by atoms with Crippen molar-refractivity contribution in [1.29, 1.82) is 0 Å². The Kier molecular flexibility index (Phi) is 7.88. The molecule has 0 aliphatic carbocycles. The highest BCUT2D eigenvalue weighted by Gasteiger charge is 2.35. The molecule has 1 saturated heterocycles. The predicted octanol–water partition coefficient (Wildman–Crippen LogP) is 4.97. The standard InChI is InChI=1S/C27H24N2O7S2/c1-17-6-4-7-19(14-17)16-29-26(31)24(37-27(29)32)15-20-8-5-9-23(35-3)25(20)36-38(33,34)22-12-10-21(11-13-22)28-18(2)30/h4-15H,16H2,1-3H3,(H,28,30)/b24-15-. The zero-order chi connectivity index (χ0) is 27.4. The van der Waals surface area contributed by atoms with E-state index in [-0.39, 0.29) is 39.3 Å². The van der Waals surface area contributed by atoms with Crippen molar-refractivity contribution < 1.29 is 31.7 Å². The first kappa shape index (κ1) is 27.0. The molecule has 3 aromatic rings. The molecule has 0 radical (unpaired) electrons. The van der Waals surface area contributed by atoms with Crippen LogP contribution >= 0.6 is 11.8 Å². The molecule has 38 heavy (non-hydrogen) atoms. The van der Waals surface area contributed by atoms with Gasteiger partial charge < -0.3 is 14.2 Å². The fraction of sp³-hybridized carbons (Fsp3) is 0.148. The Morgan fingerprint density at radius 2 is 1.76 bits per heavy atom. The lowest BCUT2D eigenvalue weighted by Gasteiger charge is -2.14. The number of hydrogen-bond acceptors (Lipinski definition) is 8. The van der Waals surface area contributed by atoms with Crippen molar-refractivity contribution >= 4 is 50.7 Å². The molecule has 1 fully saturated rings. The summed E-state index contributed by atoms with van der Waals surface area (Å²) in [7, 11) is -2.96. The molecule has 0 spiro atoms. The highest BCUT2D eigenvalue weighted by molar-refractivity contribution is 8.18. The molecule has 196 valence electrons. The lowest BCUT2D eigenvalue weighted by Crippen LogP contribution is -2.27. The molecular formula is C27H24N2O7S2. The monoisotopic (exact) mass is 552 g/mol. The molecule has 11 heteroatoms.